The lowest BCUT2D eigenvalue weighted by Gasteiger charge is -2.17. The van der Waals surface area contributed by atoms with Crippen LogP contribution in [0.4, 0.5) is 0 Å². The van der Waals surface area contributed by atoms with Crippen LogP contribution in [-0.2, 0) is 0 Å². The summed E-state index contributed by atoms with van der Waals surface area (Å²) in [7, 11) is 2.33. The van der Waals surface area contributed by atoms with Gasteiger partial charge in [-0.15, -0.1) is 0 Å². The van der Waals surface area contributed by atoms with Gasteiger partial charge in [0.2, 0.25) is 0 Å². The Balaban J connectivity index is 1.96. The highest BCUT2D eigenvalue weighted by Crippen LogP contribution is 2.37. The van der Waals surface area contributed by atoms with Crippen LogP contribution in [-0.4, -0.2) is 4.75 Å². The highest BCUT2D eigenvalue weighted by molar-refractivity contribution is 7.89. The summed E-state index contributed by atoms with van der Waals surface area (Å²) < 4.78 is 4.35. The maximum Gasteiger partial charge on any atom is 0.0394 e. The van der Waals surface area contributed by atoms with E-state index in [1.54, 1.807) is 5.30 Å². The first-order chi connectivity index (χ1) is 6.47. The summed E-state index contributed by atoms with van der Waals surface area (Å²) >= 11 is 0. The molecular weight excluding hydrogens is 196 g/mol. The Labute approximate surface area is 83.5 Å². The van der Waals surface area contributed by atoms with Gasteiger partial charge in [-0.25, -0.2) is 4.75 Å². The predicted molar refractivity (Wildman–Crippen MR) is 61.3 cm³/mol. The number of rotatable bonds is 1. The SMILES string of the molecule is c1n[pH]pc1C1CCCCCCC1. The maximum absolute atomic E-state index is 4.35. The van der Waals surface area contributed by atoms with Gasteiger partial charge in [-0.2, -0.15) is 0 Å². The van der Waals surface area contributed by atoms with Gasteiger partial charge in [0, 0.05) is 11.5 Å². The number of hydrogen-bond acceptors (Lipinski definition) is 1. The van der Waals surface area contributed by atoms with E-state index < -0.39 is 0 Å². The minimum Gasteiger partial charge on any atom is -0.244 e. The van der Waals surface area contributed by atoms with Crippen LogP contribution in [0.5, 0.6) is 0 Å². The summed E-state index contributed by atoms with van der Waals surface area (Å²) in [6, 6.07) is 0. The van der Waals surface area contributed by atoms with Gasteiger partial charge < -0.3 is 0 Å². The third-order valence-electron chi connectivity index (χ3n) is 2.96. The largest absolute Gasteiger partial charge is 0.244 e. The summed E-state index contributed by atoms with van der Waals surface area (Å²) in [5.74, 6) is 0.890. The third kappa shape index (κ3) is 2.79. The molecule has 1 saturated carbocycles. The highest BCUT2D eigenvalue weighted by Gasteiger charge is 2.13. The molecule has 0 saturated heterocycles. The normalized spacial score (nSPS) is 22.2. The Hall–Kier alpha value is 0.140. The molecule has 2 rings (SSSR count). The summed E-state index contributed by atoms with van der Waals surface area (Å²) in [4.78, 5) is 0. The number of hydrogen-bond donors (Lipinski definition) is 0. The Morgan fingerprint density at radius 1 is 1.15 bits per heavy atom. The zero-order valence-electron chi connectivity index (χ0n) is 8.00. The monoisotopic (exact) mass is 213 g/mol. The van der Waals surface area contributed by atoms with Crippen molar-refractivity contribution in [1.82, 2.24) is 4.75 Å². The fraction of sp³-hybridized carbons (Fsp3) is 0.800. The quantitative estimate of drug-likeness (QED) is 0.668. The van der Waals surface area contributed by atoms with Crippen molar-refractivity contribution >= 4 is 15.9 Å². The van der Waals surface area contributed by atoms with Gasteiger partial charge in [-0.3, -0.25) is 0 Å². The molecule has 0 spiro atoms. The lowest BCUT2D eigenvalue weighted by molar-refractivity contribution is 0.459. The molecule has 1 aliphatic rings. The van der Waals surface area contributed by atoms with Gasteiger partial charge in [0.15, 0.2) is 0 Å². The second-order valence-electron chi connectivity index (χ2n) is 3.94. The lowest BCUT2D eigenvalue weighted by atomic mass is 9.90. The van der Waals surface area contributed by atoms with E-state index in [-0.39, 0.29) is 0 Å². The smallest absolute Gasteiger partial charge is 0.0394 e. The van der Waals surface area contributed by atoms with E-state index in [4.69, 9.17) is 0 Å². The molecule has 0 aromatic carbocycles. The highest BCUT2D eigenvalue weighted by atomic mass is 31.8. The fourth-order valence-electron chi connectivity index (χ4n) is 2.16. The van der Waals surface area contributed by atoms with Crippen LogP contribution < -0.4 is 0 Å². The van der Waals surface area contributed by atoms with Crippen LogP contribution in [0, 0.1) is 0 Å². The molecule has 1 aromatic heterocycles. The summed E-state index contributed by atoms with van der Waals surface area (Å²) in [6.07, 6.45) is 12.3. The molecular formula is C10H17NP2. The second-order valence-corrected chi connectivity index (χ2v) is 6.41. The lowest BCUT2D eigenvalue weighted by Crippen LogP contribution is -1.99. The first-order valence-corrected chi connectivity index (χ1v) is 8.01. The standard InChI is InChI=1S/C10H17NP2/c1-2-4-6-9(7-5-3-1)10-8-11-13-12-10/h8-9,13H,1-7H2. The second kappa shape index (κ2) is 5.13. The molecule has 0 N–H and O–H groups in total. The van der Waals surface area contributed by atoms with E-state index in [1.165, 1.54) is 52.8 Å². The molecule has 1 heterocycles. The predicted octanol–water partition coefficient (Wildman–Crippen LogP) is 4.52. The summed E-state index contributed by atoms with van der Waals surface area (Å²) in [6.45, 7) is 0. The van der Waals surface area contributed by atoms with Crippen molar-refractivity contribution in [2.45, 2.75) is 50.9 Å². The zero-order chi connectivity index (χ0) is 8.93. The topological polar surface area (TPSA) is 12.9 Å². The molecule has 13 heavy (non-hydrogen) atoms. The Morgan fingerprint density at radius 3 is 2.46 bits per heavy atom. The Bertz CT molecular complexity index is 225. The van der Waals surface area contributed by atoms with Gasteiger partial charge in [-0.1, -0.05) is 32.1 Å². The van der Waals surface area contributed by atoms with Crippen molar-refractivity contribution in [3.63, 3.8) is 0 Å². The van der Waals surface area contributed by atoms with Crippen LogP contribution in [0.1, 0.15) is 56.2 Å². The van der Waals surface area contributed by atoms with Crippen LogP contribution in [0.25, 0.3) is 0 Å². The van der Waals surface area contributed by atoms with E-state index in [0.29, 0.717) is 0 Å². The van der Waals surface area contributed by atoms with E-state index in [1.807, 2.05) is 0 Å². The van der Waals surface area contributed by atoms with Gasteiger partial charge in [-0.05, 0) is 34.7 Å². The average Bonchev–Trinajstić information content (AvgIpc) is 2.55. The van der Waals surface area contributed by atoms with E-state index in [0.717, 1.165) is 13.9 Å². The molecule has 1 fully saturated rings. The molecule has 0 bridgehead atoms. The first-order valence-electron chi connectivity index (χ1n) is 5.32. The van der Waals surface area contributed by atoms with Crippen molar-refractivity contribution in [3.05, 3.63) is 11.5 Å². The molecule has 0 radical (unpaired) electrons. The van der Waals surface area contributed by atoms with Crippen molar-refractivity contribution in [1.29, 1.82) is 0 Å². The molecule has 3 heteroatoms. The van der Waals surface area contributed by atoms with Crippen molar-refractivity contribution in [2.75, 3.05) is 0 Å². The minimum absolute atomic E-state index is 0.814. The van der Waals surface area contributed by atoms with Crippen LogP contribution in [0.15, 0.2) is 6.20 Å². The van der Waals surface area contributed by atoms with Gasteiger partial charge in [0.05, 0.1) is 0 Å². The zero-order valence-corrected chi connectivity index (χ0v) is 9.89. The molecule has 72 valence electrons. The summed E-state index contributed by atoms with van der Waals surface area (Å²) in [5, 5.41) is 1.64. The van der Waals surface area contributed by atoms with Crippen molar-refractivity contribution in [2.24, 2.45) is 0 Å². The van der Waals surface area contributed by atoms with E-state index in [2.05, 4.69) is 10.9 Å². The number of aromatic nitrogens is 1. The van der Waals surface area contributed by atoms with E-state index >= 15 is 0 Å². The molecule has 0 aliphatic heterocycles. The average molecular weight is 213 g/mol. The Kier molecular flexibility index (Phi) is 3.82. The maximum atomic E-state index is 4.35. The summed E-state index contributed by atoms with van der Waals surface area (Å²) in [5.41, 5.74) is 0. The third-order valence-corrected chi connectivity index (χ3v) is 5.46. The van der Waals surface area contributed by atoms with E-state index in [9.17, 15) is 0 Å². The molecule has 1 aromatic rings. The van der Waals surface area contributed by atoms with Crippen LogP contribution in [0.3, 0.4) is 0 Å². The first kappa shape index (κ1) is 9.69. The van der Waals surface area contributed by atoms with Crippen molar-refractivity contribution < 1.29 is 0 Å². The fourth-order valence-corrected chi connectivity index (χ4v) is 4.61. The molecule has 0 amide bonds. The van der Waals surface area contributed by atoms with Crippen molar-refractivity contribution in [3.8, 4) is 0 Å². The molecule has 1 atom stereocenters. The van der Waals surface area contributed by atoms with Crippen LogP contribution in [0.2, 0.25) is 0 Å². The van der Waals surface area contributed by atoms with Gasteiger partial charge >= 0.3 is 0 Å². The Morgan fingerprint density at radius 2 is 1.85 bits per heavy atom. The molecule has 1 unspecified atom stereocenters. The molecule has 1 aliphatic carbocycles. The van der Waals surface area contributed by atoms with Crippen LogP contribution >= 0.6 is 15.9 Å². The molecule has 1 nitrogen and oxygen atoms in total. The minimum atomic E-state index is 0.814. The number of nitrogens with zero attached hydrogens (tertiary/aromatic N) is 1. The van der Waals surface area contributed by atoms with Gasteiger partial charge in [0.25, 0.3) is 0 Å². The van der Waals surface area contributed by atoms with Gasteiger partial charge in [0.1, 0.15) is 0 Å².